The topological polar surface area (TPSA) is 73.2 Å². The lowest BCUT2D eigenvalue weighted by Crippen LogP contribution is -2.15. The minimum Gasteiger partial charge on any atom is -0.462 e. The molecule has 0 saturated carbocycles. The average Bonchev–Trinajstić information content (AvgIpc) is 3.05. The molecule has 0 saturated heterocycles. The second-order valence-corrected chi connectivity index (χ2v) is 5.98. The number of hydrogen-bond donors (Lipinski definition) is 1. The number of nitrogens with zero attached hydrogens (tertiary/aromatic N) is 2. The van der Waals surface area contributed by atoms with Gasteiger partial charge in [-0.25, -0.2) is 4.79 Å². The molecule has 1 aromatic heterocycles. The molecule has 0 unspecified atom stereocenters. The Kier molecular flexibility index (Phi) is 5.31. The molecule has 0 fully saturated rings. The first-order valence-electron chi connectivity index (χ1n) is 8.56. The van der Waals surface area contributed by atoms with Crippen molar-refractivity contribution in [1.29, 1.82) is 0 Å². The van der Waals surface area contributed by atoms with Gasteiger partial charge in [-0.1, -0.05) is 18.2 Å². The zero-order chi connectivity index (χ0) is 18.5. The molecule has 3 rings (SSSR count). The van der Waals surface area contributed by atoms with Gasteiger partial charge < -0.3 is 10.1 Å². The van der Waals surface area contributed by atoms with Crippen molar-refractivity contribution in [1.82, 2.24) is 9.78 Å². The SMILES string of the molecule is CCOC(=O)c1ccc(NC(=O)CCn2ncc3cccc(C)c32)cc1. The van der Waals surface area contributed by atoms with Crippen LogP contribution < -0.4 is 5.32 Å². The standard InChI is InChI=1S/C20H21N3O3/c1-3-26-20(25)15-7-9-17(10-8-15)22-18(24)11-12-23-19-14(2)5-4-6-16(19)13-21-23/h4-10,13H,3,11-12H2,1-2H3,(H,22,24). The minimum atomic E-state index is -0.369. The Morgan fingerprint density at radius 3 is 2.65 bits per heavy atom. The molecule has 6 nitrogen and oxygen atoms in total. The van der Waals surface area contributed by atoms with Crippen molar-refractivity contribution in [3.63, 3.8) is 0 Å². The molecule has 0 radical (unpaired) electrons. The van der Waals surface area contributed by atoms with Gasteiger partial charge in [0.15, 0.2) is 0 Å². The molecule has 0 bridgehead atoms. The molecule has 0 atom stereocenters. The third-order valence-corrected chi connectivity index (χ3v) is 4.09. The van der Waals surface area contributed by atoms with E-state index in [-0.39, 0.29) is 11.9 Å². The van der Waals surface area contributed by atoms with Gasteiger partial charge in [-0.05, 0) is 43.7 Å². The maximum atomic E-state index is 12.2. The zero-order valence-electron chi connectivity index (χ0n) is 14.9. The summed E-state index contributed by atoms with van der Waals surface area (Å²) in [5, 5.41) is 8.27. The Labute approximate surface area is 151 Å². The average molecular weight is 351 g/mol. The van der Waals surface area contributed by atoms with Gasteiger partial charge in [0, 0.05) is 17.5 Å². The Hall–Kier alpha value is -3.15. The summed E-state index contributed by atoms with van der Waals surface area (Å²) in [5.74, 6) is -0.475. The van der Waals surface area contributed by atoms with E-state index in [0.717, 1.165) is 16.5 Å². The predicted octanol–water partition coefficient (Wildman–Crippen LogP) is 3.55. The van der Waals surface area contributed by atoms with Crippen LogP contribution in [0.5, 0.6) is 0 Å². The van der Waals surface area contributed by atoms with E-state index in [9.17, 15) is 9.59 Å². The van der Waals surface area contributed by atoms with Crippen molar-refractivity contribution in [3.05, 3.63) is 59.8 Å². The number of para-hydroxylation sites is 1. The number of rotatable bonds is 6. The van der Waals surface area contributed by atoms with Gasteiger partial charge >= 0.3 is 5.97 Å². The van der Waals surface area contributed by atoms with Crippen molar-refractivity contribution in [2.75, 3.05) is 11.9 Å². The van der Waals surface area contributed by atoms with Crippen LogP contribution in [0.1, 0.15) is 29.3 Å². The third kappa shape index (κ3) is 3.91. The molecule has 1 heterocycles. The number of nitrogens with one attached hydrogen (secondary N) is 1. The molecule has 2 aromatic carbocycles. The Morgan fingerprint density at radius 2 is 1.92 bits per heavy atom. The van der Waals surface area contributed by atoms with Crippen molar-refractivity contribution < 1.29 is 14.3 Å². The molecule has 0 aliphatic carbocycles. The van der Waals surface area contributed by atoms with Crippen LogP contribution in [-0.4, -0.2) is 28.3 Å². The normalized spacial score (nSPS) is 10.7. The van der Waals surface area contributed by atoms with Crippen LogP contribution >= 0.6 is 0 Å². The minimum absolute atomic E-state index is 0.105. The molecule has 26 heavy (non-hydrogen) atoms. The first-order valence-corrected chi connectivity index (χ1v) is 8.56. The number of hydrogen-bond acceptors (Lipinski definition) is 4. The summed E-state index contributed by atoms with van der Waals surface area (Å²) in [7, 11) is 0. The number of ether oxygens (including phenoxy) is 1. The number of esters is 1. The fraction of sp³-hybridized carbons (Fsp3) is 0.250. The molecule has 1 amide bonds. The fourth-order valence-electron chi connectivity index (χ4n) is 2.83. The molecule has 0 aliphatic rings. The van der Waals surface area contributed by atoms with Gasteiger partial charge in [0.1, 0.15) is 0 Å². The Bertz CT molecular complexity index is 929. The largest absolute Gasteiger partial charge is 0.462 e. The first-order chi connectivity index (χ1) is 12.6. The van der Waals surface area contributed by atoms with Gasteiger partial charge in [-0.3, -0.25) is 9.48 Å². The van der Waals surface area contributed by atoms with Gasteiger partial charge in [-0.2, -0.15) is 5.10 Å². The summed E-state index contributed by atoms with van der Waals surface area (Å²) in [5.41, 5.74) is 3.29. The third-order valence-electron chi connectivity index (χ3n) is 4.09. The molecule has 0 aliphatic heterocycles. The number of fused-ring (bicyclic) bond motifs is 1. The number of carbonyl (C=O) groups is 2. The van der Waals surface area contributed by atoms with E-state index in [0.29, 0.717) is 30.8 Å². The van der Waals surface area contributed by atoms with E-state index in [1.54, 1.807) is 31.2 Å². The van der Waals surface area contributed by atoms with E-state index < -0.39 is 0 Å². The van der Waals surface area contributed by atoms with Gasteiger partial charge in [0.25, 0.3) is 0 Å². The van der Waals surface area contributed by atoms with E-state index >= 15 is 0 Å². The second kappa shape index (κ2) is 7.82. The lowest BCUT2D eigenvalue weighted by atomic mass is 10.2. The smallest absolute Gasteiger partial charge is 0.338 e. The van der Waals surface area contributed by atoms with Crippen LogP contribution in [0.15, 0.2) is 48.7 Å². The Balaban J connectivity index is 1.59. The lowest BCUT2D eigenvalue weighted by Gasteiger charge is -2.08. The highest BCUT2D eigenvalue weighted by Crippen LogP contribution is 2.18. The van der Waals surface area contributed by atoms with Crippen molar-refractivity contribution in [2.45, 2.75) is 26.8 Å². The van der Waals surface area contributed by atoms with Crippen LogP contribution in [0, 0.1) is 6.92 Å². The van der Waals surface area contributed by atoms with E-state index in [1.165, 1.54) is 0 Å². The van der Waals surface area contributed by atoms with Gasteiger partial charge in [0.05, 0.1) is 30.4 Å². The summed E-state index contributed by atoms with van der Waals surface area (Å²) in [6.45, 7) is 4.63. The molecule has 6 heteroatoms. The lowest BCUT2D eigenvalue weighted by molar-refractivity contribution is -0.116. The molecule has 3 aromatic rings. The highest BCUT2D eigenvalue weighted by Gasteiger charge is 2.09. The van der Waals surface area contributed by atoms with E-state index in [2.05, 4.69) is 10.4 Å². The van der Waals surface area contributed by atoms with Crippen molar-refractivity contribution in [3.8, 4) is 0 Å². The van der Waals surface area contributed by atoms with Crippen LogP contribution in [-0.2, 0) is 16.1 Å². The number of aromatic nitrogens is 2. The molecule has 1 N–H and O–H groups in total. The van der Waals surface area contributed by atoms with E-state index in [1.807, 2.05) is 36.0 Å². The number of benzene rings is 2. The van der Waals surface area contributed by atoms with Crippen LogP contribution in [0.25, 0.3) is 10.9 Å². The summed E-state index contributed by atoms with van der Waals surface area (Å²) < 4.78 is 6.79. The molecule has 0 spiro atoms. The van der Waals surface area contributed by atoms with Crippen LogP contribution in [0.2, 0.25) is 0 Å². The molecule has 134 valence electrons. The number of carbonyl (C=O) groups excluding carboxylic acids is 2. The van der Waals surface area contributed by atoms with Gasteiger partial charge in [-0.15, -0.1) is 0 Å². The summed E-state index contributed by atoms with van der Waals surface area (Å²) in [6, 6.07) is 12.7. The monoisotopic (exact) mass is 351 g/mol. The summed E-state index contributed by atoms with van der Waals surface area (Å²) in [6.07, 6.45) is 2.12. The van der Waals surface area contributed by atoms with E-state index in [4.69, 9.17) is 4.74 Å². The fourth-order valence-corrected chi connectivity index (χ4v) is 2.83. The van der Waals surface area contributed by atoms with Gasteiger partial charge in [0.2, 0.25) is 5.91 Å². The number of amides is 1. The second-order valence-electron chi connectivity index (χ2n) is 5.98. The van der Waals surface area contributed by atoms with Crippen LogP contribution in [0.3, 0.4) is 0 Å². The Morgan fingerprint density at radius 1 is 1.15 bits per heavy atom. The highest BCUT2D eigenvalue weighted by molar-refractivity contribution is 5.93. The first kappa shape index (κ1) is 17.7. The number of aryl methyl sites for hydroxylation is 2. The van der Waals surface area contributed by atoms with Crippen LogP contribution in [0.4, 0.5) is 5.69 Å². The van der Waals surface area contributed by atoms with Crippen molar-refractivity contribution >= 4 is 28.5 Å². The predicted molar refractivity (Wildman–Crippen MR) is 100 cm³/mol. The summed E-state index contributed by atoms with van der Waals surface area (Å²) in [4.78, 5) is 23.8. The summed E-state index contributed by atoms with van der Waals surface area (Å²) >= 11 is 0. The highest BCUT2D eigenvalue weighted by atomic mass is 16.5. The quantitative estimate of drug-likeness (QED) is 0.689. The maximum Gasteiger partial charge on any atom is 0.338 e. The molecular weight excluding hydrogens is 330 g/mol. The molecular formula is C20H21N3O3. The van der Waals surface area contributed by atoms with Crippen molar-refractivity contribution in [2.24, 2.45) is 0 Å². The number of anilines is 1. The maximum absolute atomic E-state index is 12.2. The zero-order valence-corrected chi connectivity index (χ0v) is 14.9.